The Hall–Kier alpha value is -1.16. The van der Waals surface area contributed by atoms with Gasteiger partial charge in [-0.3, -0.25) is 0 Å². The number of aryl methyl sites for hydroxylation is 2. The molecule has 1 aromatic carbocycles. The number of nitrogens with two attached hydrogens (primary N) is 2. The Balaban J connectivity index is 2.85. The maximum Gasteiger partial charge on any atom is 0.241 e. The number of hydrogen-bond donors (Lipinski definition) is 3. The summed E-state index contributed by atoms with van der Waals surface area (Å²) in [5, 5.41) is 4.84. The minimum absolute atomic E-state index is 0.00200. The van der Waals surface area contributed by atoms with Crippen molar-refractivity contribution in [2.75, 3.05) is 18.0 Å². The lowest BCUT2D eigenvalue weighted by Crippen LogP contribution is -2.28. The van der Waals surface area contributed by atoms with Crippen molar-refractivity contribution in [1.82, 2.24) is 4.72 Å². The Bertz CT molecular complexity index is 673. The largest absolute Gasteiger partial charge is 0.399 e. The Morgan fingerprint density at radius 3 is 2.05 bits per heavy atom. The molecule has 0 aliphatic rings. The van der Waals surface area contributed by atoms with E-state index in [-0.39, 0.29) is 23.6 Å². The molecular weight excluding hydrogens is 302 g/mol. The molecule has 0 saturated heterocycles. The van der Waals surface area contributed by atoms with Gasteiger partial charge in [0.1, 0.15) is 0 Å². The second kappa shape index (κ2) is 6.08. The molecule has 7 nitrogen and oxygen atoms in total. The predicted octanol–water partition coefficient (Wildman–Crippen LogP) is -0.157. The molecule has 0 aromatic heterocycles. The summed E-state index contributed by atoms with van der Waals surface area (Å²) >= 11 is 0. The molecule has 0 unspecified atom stereocenters. The van der Waals surface area contributed by atoms with E-state index >= 15 is 0 Å². The van der Waals surface area contributed by atoms with Gasteiger partial charge in [-0.2, -0.15) is 0 Å². The van der Waals surface area contributed by atoms with E-state index < -0.39 is 20.0 Å². The van der Waals surface area contributed by atoms with Crippen LogP contribution in [-0.2, 0) is 20.0 Å². The van der Waals surface area contributed by atoms with Crippen molar-refractivity contribution in [1.29, 1.82) is 0 Å². The van der Waals surface area contributed by atoms with Crippen LogP contribution in [0, 0.1) is 13.8 Å². The van der Waals surface area contributed by atoms with Gasteiger partial charge in [-0.25, -0.2) is 26.7 Å². The highest BCUT2D eigenvalue weighted by molar-refractivity contribution is 7.89. The van der Waals surface area contributed by atoms with Crippen LogP contribution in [0.15, 0.2) is 17.0 Å². The van der Waals surface area contributed by atoms with E-state index in [0.29, 0.717) is 16.8 Å². The van der Waals surface area contributed by atoms with E-state index in [1.165, 1.54) is 0 Å². The lowest BCUT2D eigenvalue weighted by Gasteiger charge is -2.12. The van der Waals surface area contributed by atoms with Gasteiger partial charge in [-0.05, 0) is 43.5 Å². The van der Waals surface area contributed by atoms with Crippen molar-refractivity contribution >= 4 is 25.7 Å². The smallest absolute Gasteiger partial charge is 0.241 e. The molecule has 0 fully saturated rings. The molecule has 0 spiro atoms. The van der Waals surface area contributed by atoms with E-state index in [4.69, 9.17) is 10.9 Å². The zero-order valence-corrected chi connectivity index (χ0v) is 13.0. The molecule has 0 amide bonds. The first-order chi connectivity index (χ1) is 9.03. The lowest BCUT2D eigenvalue weighted by atomic mass is 10.1. The van der Waals surface area contributed by atoms with Crippen molar-refractivity contribution < 1.29 is 16.8 Å². The topological polar surface area (TPSA) is 132 Å². The number of anilines is 1. The summed E-state index contributed by atoms with van der Waals surface area (Å²) in [7, 11) is -7.28. The van der Waals surface area contributed by atoms with Gasteiger partial charge in [0, 0.05) is 12.2 Å². The molecule has 1 rings (SSSR count). The molecule has 0 saturated carbocycles. The zero-order valence-electron chi connectivity index (χ0n) is 11.4. The number of nitrogens with one attached hydrogen (secondary N) is 1. The third-order valence-electron chi connectivity index (χ3n) is 2.65. The molecule has 5 N–H and O–H groups in total. The third-order valence-corrected chi connectivity index (χ3v) is 5.27. The van der Waals surface area contributed by atoms with Gasteiger partial charge in [-0.1, -0.05) is 0 Å². The zero-order chi connectivity index (χ0) is 15.6. The number of rotatable bonds is 6. The van der Waals surface area contributed by atoms with Gasteiger partial charge in [0.05, 0.1) is 10.6 Å². The summed E-state index contributed by atoms with van der Waals surface area (Å²) < 4.78 is 48.2. The SMILES string of the molecule is Cc1cc(N)cc(C)c1S(=O)(=O)NCCCS(N)(=O)=O. The molecule has 20 heavy (non-hydrogen) atoms. The summed E-state index contributed by atoms with van der Waals surface area (Å²) in [5.74, 6) is -0.269. The molecule has 1 aromatic rings. The van der Waals surface area contributed by atoms with Crippen molar-refractivity contribution in [2.45, 2.75) is 25.2 Å². The molecule has 0 aliphatic carbocycles. The number of nitrogen functional groups attached to an aromatic ring is 1. The van der Waals surface area contributed by atoms with Crippen LogP contribution in [0.2, 0.25) is 0 Å². The minimum Gasteiger partial charge on any atom is -0.399 e. The van der Waals surface area contributed by atoms with Crippen LogP contribution in [0.1, 0.15) is 17.5 Å². The molecule has 0 aliphatic heterocycles. The van der Waals surface area contributed by atoms with Crippen molar-refractivity contribution in [3.63, 3.8) is 0 Å². The van der Waals surface area contributed by atoms with Crippen molar-refractivity contribution in [3.8, 4) is 0 Å². The van der Waals surface area contributed by atoms with E-state index in [9.17, 15) is 16.8 Å². The van der Waals surface area contributed by atoms with E-state index in [1.54, 1.807) is 26.0 Å². The second-order valence-corrected chi connectivity index (χ2v) is 8.04. The minimum atomic E-state index is -3.70. The Morgan fingerprint density at radius 1 is 1.10 bits per heavy atom. The quantitative estimate of drug-likeness (QED) is 0.495. The van der Waals surface area contributed by atoms with E-state index in [2.05, 4.69) is 4.72 Å². The number of sulfonamides is 2. The van der Waals surface area contributed by atoms with Gasteiger partial charge in [-0.15, -0.1) is 0 Å². The highest BCUT2D eigenvalue weighted by Gasteiger charge is 2.19. The fourth-order valence-corrected chi connectivity index (χ4v) is 4.03. The third kappa shape index (κ3) is 4.75. The van der Waals surface area contributed by atoms with Crippen LogP contribution in [0.25, 0.3) is 0 Å². The standard InChI is InChI=1S/C11H19N3O4S2/c1-8-6-10(12)7-9(2)11(8)20(17,18)14-4-3-5-19(13,15)16/h6-7,14H,3-5,12H2,1-2H3,(H2,13,15,16). The van der Waals surface area contributed by atoms with E-state index in [1.807, 2.05) is 0 Å². The first kappa shape index (κ1) is 16.9. The predicted molar refractivity (Wildman–Crippen MR) is 78.1 cm³/mol. The van der Waals surface area contributed by atoms with Crippen LogP contribution in [-0.4, -0.2) is 29.1 Å². The van der Waals surface area contributed by atoms with Gasteiger partial charge in [0.25, 0.3) is 0 Å². The molecule has 0 bridgehead atoms. The first-order valence-electron chi connectivity index (χ1n) is 5.90. The maximum absolute atomic E-state index is 12.2. The van der Waals surface area contributed by atoms with Crippen molar-refractivity contribution in [3.05, 3.63) is 23.3 Å². The molecule has 0 atom stereocenters. The van der Waals surface area contributed by atoms with E-state index in [0.717, 1.165) is 0 Å². The highest BCUT2D eigenvalue weighted by atomic mass is 32.2. The first-order valence-corrected chi connectivity index (χ1v) is 9.09. The number of hydrogen-bond acceptors (Lipinski definition) is 5. The van der Waals surface area contributed by atoms with Crippen LogP contribution < -0.4 is 15.6 Å². The van der Waals surface area contributed by atoms with Crippen LogP contribution in [0.4, 0.5) is 5.69 Å². The normalized spacial score (nSPS) is 12.6. The summed E-state index contributed by atoms with van der Waals surface area (Å²) in [4.78, 5) is 0.169. The molecule has 0 heterocycles. The van der Waals surface area contributed by atoms with Crippen LogP contribution >= 0.6 is 0 Å². The fourth-order valence-electron chi connectivity index (χ4n) is 1.96. The number of benzene rings is 1. The van der Waals surface area contributed by atoms with Gasteiger partial charge >= 0.3 is 0 Å². The molecule has 114 valence electrons. The number of primary sulfonamides is 1. The van der Waals surface area contributed by atoms with Gasteiger partial charge in [0.2, 0.25) is 20.0 Å². The average Bonchev–Trinajstić information content (AvgIpc) is 2.21. The van der Waals surface area contributed by atoms with Crippen molar-refractivity contribution in [2.24, 2.45) is 5.14 Å². The summed E-state index contributed by atoms with van der Waals surface area (Å²) in [6, 6.07) is 3.15. The lowest BCUT2D eigenvalue weighted by molar-refractivity contribution is 0.575. The fraction of sp³-hybridized carbons (Fsp3) is 0.455. The maximum atomic E-state index is 12.2. The van der Waals surface area contributed by atoms with Crippen LogP contribution in [0.3, 0.4) is 0 Å². The monoisotopic (exact) mass is 321 g/mol. The van der Waals surface area contributed by atoms with Gasteiger partial charge in [0.15, 0.2) is 0 Å². The van der Waals surface area contributed by atoms with Gasteiger partial charge < -0.3 is 5.73 Å². The highest BCUT2D eigenvalue weighted by Crippen LogP contribution is 2.22. The molecule has 0 radical (unpaired) electrons. The Morgan fingerprint density at radius 2 is 1.60 bits per heavy atom. The molecule has 9 heteroatoms. The molecular formula is C11H19N3O4S2. The Kier molecular flexibility index (Phi) is 5.14. The second-order valence-electron chi connectivity index (χ2n) is 4.60. The summed E-state index contributed by atoms with van der Waals surface area (Å²) in [5.41, 5.74) is 7.23. The Labute approximate surface area is 119 Å². The average molecular weight is 321 g/mol. The summed E-state index contributed by atoms with van der Waals surface area (Å²) in [6.45, 7) is 3.31. The van der Waals surface area contributed by atoms with Crippen LogP contribution in [0.5, 0.6) is 0 Å². The summed E-state index contributed by atoms with van der Waals surface area (Å²) in [6.07, 6.45) is 0.116.